The van der Waals surface area contributed by atoms with Crippen LogP contribution in [0.4, 0.5) is 0 Å². The molecule has 0 amide bonds. The van der Waals surface area contributed by atoms with Crippen LogP contribution in [0.2, 0.25) is 0 Å². The van der Waals surface area contributed by atoms with Crippen molar-refractivity contribution in [3.05, 3.63) is 0 Å². The minimum atomic E-state index is 0.128. The number of rotatable bonds is 3. The number of nitrogens with zero attached hydrogens (tertiary/aromatic N) is 3. The molecule has 1 aliphatic heterocycles. The topological polar surface area (TPSA) is 30.3 Å². The van der Waals surface area contributed by atoms with E-state index in [4.69, 9.17) is 5.26 Å². The van der Waals surface area contributed by atoms with E-state index in [9.17, 15) is 0 Å². The second-order valence-electron chi connectivity index (χ2n) is 4.61. The van der Waals surface area contributed by atoms with Crippen molar-refractivity contribution < 1.29 is 0 Å². The Kier molecular flexibility index (Phi) is 4.37. The quantitative estimate of drug-likeness (QED) is 0.677. The van der Waals surface area contributed by atoms with Crippen molar-refractivity contribution in [2.45, 2.75) is 26.3 Å². The Morgan fingerprint density at radius 2 is 1.79 bits per heavy atom. The van der Waals surface area contributed by atoms with Crippen LogP contribution in [0.1, 0.15) is 20.3 Å². The maximum absolute atomic E-state index is 9.09. The SMILES string of the molecule is CC(C)CC(C#N)N1CCN(C)CC1. The monoisotopic (exact) mass is 195 g/mol. The fourth-order valence-electron chi connectivity index (χ4n) is 1.86. The summed E-state index contributed by atoms with van der Waals surface area (Å²) in [6, 6.07) is 2.55. The zero-order valence-electron chi connectivity index (χ0n) is 9.53. The van der Waals surface area contributed by atoms with Gasteiger partial charge < -0.3 is 4.90 Å². The van der Waals surface area contributed by atoms with Crippen LogP contribution in [-0.4, -0.2) is 49.1 Å². The molecule has 0 aromatic heterocycles. The van der Waals surface area contributed by atoms with Crippen molar-refractivity contribution in [1.29, 1.82) is 5.26 Å². The third-order valence-corrected chi connectivity index (χ3v) is 2.82. The van der Waals surface area contributed by atoms with Gasteiger partial charge in [-0.2, -0.15) is 5.26 Å². The van der Waals surface area contributed by atoms with E-state index in [1.54, 1.807) is 0 Å². The molecule has 0 aromatic carbocycles. The van der Waals surface area contributed by atoms with E-state index in [1.165, 1.54) is 0 Å². The van der Waals surface area contributed by atoms with Gasteiger partial charge in [0.15, 0.2) is 0 Å². The van der Waals surface area contributed by atoms with E-state index in [0.717, 1.165) is 32.6 Å². The fraction of sp³-hybridized carbons (Fsp3) is 0.909. The highest BCUT2D eigenvalue weighted by molar-refractivity contribution is 4.93. The van der Waals surface area contributed by atoms with E-state index in [1.807, 2.05) is 0 Å². The lowest BCUT2D eigenvalue weighted by atomic mass is 10.0. The molecule has 1 heterocycles. The summed E-state index contributed by atoms with van der Waals surface area (Å²) in [6.07, 6.45) is 1.00. The lowest BCUT2D eigenvalue weighted by Crippen LogP contribution is -2.48. The largest absolute Gasteiger partial charge is 0.304 e. The van der Waals surface area contributed by atoms with Gasteiger partial charge in [0, 0.05) is 26.2 Å². The summed E-state index contributed by atoms with van der Waals surface area (Å²) in [5.41, 5.74) is 0. The maximum Gasteiger partial charge on any atom is 0.0981 e. The lowest BCUT2D eigenvalue weighted by Gasteiger charge is -2.35. The van der Waals surface area contributed by atoms with Gasteiger partial charge in [0.25, 0.3) is 0 Å². The van der Waals surface area contributed by atoms with E-state index < -0.39 is 0 Å². The molecule has 1 fully saturated rings. The smallest absolute Gasteiger partial charge is 0.0981 e. The van der Waals surface area contributed by atoms with Gasteiger partial charge in [-0.05, 0) is 19.4 Å². The highest BCUT2D eigenvalue weighted by Crippen LogP contribution is 2.12. The number of hydrogen-bond acceptors (Lipinski definition) is 3. The number of nitriles is 1. The Hall–Kier alpha value is -0.590. The van der Waals surface area contributed by atoms with Gasteiger partial charge in [0.05, 0.1) is 12.1 Å². The van der Waals surface area contributed by atoms with Gasteiger partial charge in [0.1, 0.15) is 0 Å². The van der Waals surface area contributed by atoms with Crippen LogP contribution in [0, 0.1) is 17.2 Å². The van der Waals surface area contributed by atoms with E-state index in [0.29, 0.717) is 5.92 Å². The van der Waals surface area contributed by atoms with E-state index in [-0.39, 0.29) is 6.04 Å². The summed E-state index contributed by atoms with van der Waals surface area (Å²) in [6.45, 7) is 8.64. The average molecular weight is 195 g/mol. The van der Waals surface area contributed by atoms with Crippen molar-refractivity contribution >= 4 is 0 Å². The van der Waals surface area contributed by atoms with Crippen molar-refractivity contribution in [3.63, 3.8) is 0 Å². The third-order valence-electron chi connectivity index (χ3n) is 2.82. The molecule has 1 unspecified atom stereocenters. The van der Waals surface area contributed by atoms with Crippen LogP contribution in [0.15, 0.2) is 0 Å². The first-order chi connectivity index (χ1) is 6.63. The summed E-state index contributed by atoms with van der Waals surface area (Å²) in [5.74, 6) is 0.610. The lowest BCUT2D eigenvalue weighted by molar-refractivity contribution is 0.123. The van der Waals surface area contributed by atoms with Crippen LogP contribution in [0.5, 0.6) is 0 Å². The second-order valence-corrected chi connectivity index (χ2v) is 4.61. The van der Waals surface area contributed by atoms with Gasteiger partial charge in [-0.1, -0.05) is 13.8 Å². The molecule has 1 atom stereocenters. The molecule has 0 spiro atoms. The highest BCUT2D eigenvalue weighted by atomic mass is 15.3. The molecule has 1 rings (SSSR count). The predicted octanol–water partition coefficient (Wildman–Crippen LogP) is 1.17. The van der Waals surface area contributed by atoms with Crippen molar-refractivity contribution in [1.82, 2.24) is 9.80 Å². The van der Waals surface area contributed by atoms with Crippen LogP contribution in [0.3, 0.4) is 0 Å². The first kappa shape index (κ1) is 11.5. The normalized spacial score (nSPS) is 22.2. The van der Waals surface area contributed by atoms with Gasteiger partial charge >= 0.3 is 0 Å². The molecule has 0 aromatic rings. The molecule has 0 N–H and O–H groups in total. The highest BCUT2D eigenvalue weighted by Gasteiger charge is 2.22. The van der Waals surface area contributed by atoms with Gasteiger partial charge in [-0.15, -0.1) is 0 Å². The number of piperazine rings is 1. The first-order valence-corrected chi connectivity index (χ1v) is 5.45. The Morgan fingerprint density at radius 3 is 2.21 bits per heavy atom. The maximum atomic E-state index is 9.09. The predicted molar refractivity (Wildman–Crippen MR) is 57.9 cm³/mol. The Balaban J connectivity index is 2.42. The molecule has 0 aliphatic carbocycles. The first-order valence-electron chi connectivity index (χ1n) is 5.45. The molecular formula is C11H21N3. The Morgan fingerprint density at radius 1 is 1.21 bits per heavy atom. The molecule has 0 saturated carbocycles. The van der Waals surface area contributed by atoms with Crippen molar-refractivity contribution in [2.75, 3.05) is 33.2 Å². The molecule has 1 saturated heterocycles. The fourth-order valence-corrected chi connectivity index (χ4v) is 1.86. The molecule has 14 heavy (non-hydrogen) atoms. The minimum absolute atomic E-state index is 0.128. The molecule has 3 nitrogen and oxygen atoms in total. The summed E-state index contributed by atoms with van der Waals surface area (Å²) >= 11 is 0. The van der Waals surface area contributed by atoms with Crippen LogP contribution in [0.25, 0.3) is 0 Å². The van der Waals surface area contributed by atoms with E-state index >= 15 is 0 Å². The van der Waals surface area contributed by atoms with Crippen molar-refractivity contribution in [2.24, 2.45) is 5.92 Å². The van der Waals surface area contributed by atoms with Crippen LogP contribution < -0.4 is 0 Å². The summed E-state index contributed by atoms with van der Waals surface area (Å²) in [4.78, 5) is 4.64. The van der Waals surface area contributed by atoms with E-state index in [2.05, 4.69) is 36.8 Å². The summed E-state index contributed by atoms with van der Waals surface area (Å²) in [5, 5.41) is 9.09. The minimum Gasteiger partial charge on any atom is -0.304 e. The van der Waals surface area contributed by atoms with Gasteiger partial charge in [-0.3, -0.25) is 4.90 Å². The van der Waals surface area contributed by atoms with Crippen LogP contribution in [-0.2, 0) is 0 Å². The molecule has 0 bridgehead atoms. The summed E-state index contributed by atoms with van der Waals surface area (Å²) in [7, 11) is 2.14. The second kappa shape index (κ2) is 5.33. The van der Waals surface area contributed by atoms with Crippen LogP contribution >= 0.6 is 0 Å². The Bertz CT molecular complexity index is 199. The number of likely N-dealkylation sites (N-methyl/N-ethyl adjacent to an activating group) is 1. The van der Waals surface area contributed by atoms with Gasteiger partial charge in [0.2, 0.25) is 0 Å². The third kappa shape index (κ3) is 3.28. The standard InChI is InChI=1S/C11H21N3/c1-10(2)8-11(9-12)14-6-4-13(3)5-7-14/h10-11H,4-8H2,1-3H3. The zero-order chi connectivity index (χ0) is 10.6. The number of hydrogen-bond donors (Lipinski definition) is 0. The average Bonchev–Trinajstić information content (AvgIpc) is 2.15. The van der Waals surface area contributed by atoms with Gasteiger partial charge in [-0.25, -0.2) is 0 Å². The van der Waals surface area contributed by atoms with Crippen molar-refractivity contribution in [3.8, 4) is 6.07 Å². The molecule has 1 aliphatic rings. The Labute approximate surface area is 87.3 Å². The molecular weight excluding hydrogens is 174 g/mol. The molecule has 3 heteroatoms. The molecule has 80 valence electrons. The zero-order valence-corrected chi connectivity index (χ0v) is 9.53. The molecule has 0 radical (unpaired) electrons. The summed E-state index contributed by atoms with van der Waals surface area (Å²) < 4.78 is 0.